The lowest BCUT2D eigenvalue weighted by Crippen LogP contribution is -2.45. The van der Waals surface area contributed by atoms with Gasteiger partial charge < -0.3 is 5.32 Å². The van der Waals surface area contributed by atoms with Crippen LogP contribution >= 0.6 is 23.2 Å². The van der Waals surface area contributed by atoms with Gasteiger partial charge in [0.05, 0.1) is 5.02 Å². The molecule has 0 radical (unpaired) electrons. The molecular formula is C13H16Cl2FNO. The van der Waals surface area contributed by atoms with Gasteiger partial charge in [0.15, 0.2) is 0 Å². The van der Waals surface area contributed by atoms with Gasteiger partial charge in [-0.25, -0.2) is 4.39 Å². The number of rotatable bonds is 5. The number of benzene rings is 1. The number of alkyl halides is 1. The van der Waals surface area contributed by atoms with E-state index in [9.17, 15) is 9.18 Å². The van der Waals surface area contributed by atoms with Gasteiger partial charge in [-0.1, -0.05) is 18.5 Å². The molecule has 1 aromatic carbocycles. The fourth-order valence-electron chi connectivity index (χ4n) is 1.52. The summed E-state index contributed by atoms with van der Waals surface area (Å²) >= 11 is 11.4. The van der Waals surface area contributed by atoms with E-state index in [0.717, 1.165) is 6.42 Å². The van der Waals surface area contributed by atoms with Crippen molar-refractivity contribution in [3.8, 4) is 0 Å². The predicted octanol–water partition coefficient (Wildman–Crippen LogP) is 4.01. The van der Waals surface area contributed by atoms with Crippen molar-refractivity contribution in [2.75, 3.05) is 5.88 Å². The van der Waals surface area contributed by atoms with E-state index in [4.69, 9.17) is 23.2 Å². The van der Waals surface area contributed by atoms with Crippen molar-refractivity contribution in [1.29, 1.82) is 0 Å². The topological polar surface area (TPSA) is 29.1 Å². The van der Waals surface area contributed by atoms with Gasteiger partial charge in [0, 0.05) is 17.0 Å². The molecule has 0 aliphatic heterocycles. The summed E-state index contributed by atoms with van der Waals surface area (Å²) in [4.78, 5) is 12.0. The summed E-state index contributed by atoms with van der Waals surface area (Å²) in [6.45, 7) is 3.91. The maximum Gasteiger partial charge on any atom is 0.251 e. The third-order valence-corrected chi connectivity index (χ3v) is 3.50. The van der Waals surface area contributed by atoms with E-state index in [2.05, 4.69) is 5.32 Å². The van der Waals surface area contributed by atoms with Gasteiger partial charge in [-0.15, -0.1) is 11.6 Å². The molecule has 0 aromatic heterocycles. The van der Waals surface area contributed by atoms with Crippen molar-refractivity contribution in [1.82, 2.24) is 5.32 Å². The Morgan fingerprint density at radius 2 is 2.17 bits per heavy atom. The van der Waals surface area contributed by atoms with Crippen LogP contribution in [0, 0.1) is 5.82 Å². The third kappa shape index (κ3) is 3.85. The number of hydrogen-bond donors (Lipinski definition) is 1. The summed E-state index contributed by atoms with van der Waals surface area (Å²) in [6, 6.07) is 3.92. The summed E-state index contributed by atoms with van der Waals surface area (Å²) in [5.74, 6) is -0.340. The van der Waals surface area contributed by atoms with Gasteiger partial charge in [-0.2, -0.15) is 0 Å². The molecule has 0 saturated carbocycles. The van der Waals surface area contributed by atoms with E-state index in [1.807, 2.05) is 13.8 Å². The van der Waals surface area contributed by atoms with Crippen LogP contribution in [0.25, 0.3) is 0 Å². The van der Waals surface area contributed by atoms with E-state index < -0.39 is 5.82 Å². The molecule has 0 spiro atoms. The van der Waals surface area contributed by atoms with Crippen molar-refractivity contribution in [3.63, 3.8) is 0 Å². The van der Waals surface area contributed by atoms with Crippen LogP contribution in [0.15, 0.2) is 18.2 Å². The van der Waals surface area contributed by atoms with Crippen molar-refractivity contribution in [2.24, 2.45) is 0 Å². The quantitative estimate of drug-likeness (QED) is 0.816. The van der Waals surface area contributed by atoms with E-state index in [1.54, 1.807) is 0 Å². The van der Waals surface area contributed by atoms with Crippen molar-refractivity contribution in [3.05, 3.63) is 34.6 Å². The first-order chi connectivity index (χ1) is 8.41. The first-order valence-electron chi connectivity index (χ1n) is 5.75. The third-order valence-electron chi connectivity index (χ3n) is 3.02. The second-order valence-electron chi connectivity index (χ2n) is 4.44. The van der Waals surface area contributed by atoms with Gasteiger partial charge >= 0.3 is 0 Å². The first-order valence-corrected chi connectivity index (χ1v) is 6.66. The normalized spacial score (nSPS) is 14.1. The van der Waals surface area contributed by atoms with Crippen LogP contribution in [-0.4, -0.2) is 17.3 Å². The van der Waals surface area contributed by atoms with Gasteiger partial charge in [-0.05, 0) is 38.0 Å². The molecule has 1 atom stereocenters. The Morgan fingerprint density at radius 1 is 1.50 bits per heavy atom. The van der Waals surface area contributed by atoms with Gasteiger partial charge in [0.25, 0.3) is 5.91 Å². The molecule has 0 bridgehead atoms. The molecule has 2 nitrogen and oxygen atoms in total. The molecular weight excluding hydrogens is 276 g/mol. The summed E-state index contributed by atoms with van der Waals surface area (Å²) in [7, 11) is 0. The molecule has 5 heteroatoms. The highest BCUT2D eigenvalue weighted by atomic mass is 35.5. The lowest BCUT2D eigenvalue weighted by atomic mass is 9.95. The number of nitrogens with one attached hydrogen (secondary N) is 1. The standard InChI is InChI=1S/C13H16Cl2FNO/c1-3-13(2,6-7-14)17-12(18)9-4-5-11(16)10(15)8-9/h4-5,8H,3,6-7H2,1-2H3,(H,17,18). The number of carbonyl (C=O) groups is 1. The fraction of sp³-hybridized carbons (Fsp3) is 0.462. The molecule has 1 N–H and O–H groups in total. The van der Waals surface area contributed by atoms with Crippen molar-refractivity contribution >= 4 is 29.1 Å². The maximum absolute atomic E-state index is 13.0. The van der Waals surface area contributed by atoms with E-state index in [-0.39, 0.29) is 16.5 Å². The predicted molar refractivity (Wildman–Crippen MR) is 72.9 cm³/mol. The minimum absolute atomic E-state index is 0.0572. The summed E-state index contributed by atoms with van der Waals surface area (Å²) in [5.41, 5.74) is -0.0182. The van der Waals surface area contributed by atoms with Crippen LogP contribution in [-0.2, 0) is 0 Å². The maximum atomic E-state index is 13.0. The van der Waals surface area contributed by atoms with Crippen LogP contribution in [0.2, 0.25) is 5.02 Å². The molecule has 0 saturated heterocycles. The second kappa shape index (κ2) is 6.39. The van der Waals surface area contributed by atoms with Gasteiger partial charge in [0.2, 0.25) is 0 Å². The highest BCUT2D eigenvalue weighted by molar-refractivity contribution is 6.31. The molecule has 1 amide bonds. The molecule has 18 heavy (non-hydrogen) atoms. The first kappa shape index (κ1) is 15.3. The fourth-order valence-corrected chi connectivity index (χ4v) is 2.12. The van der Waals surface area contributed by atoms with Crippen LogP contribution in [0.4, 0.5) is 4.39 Å². The largest absolute Gasteiger partial charge is 0.347 e. The monoisotopic (exact) mass is 291 g/mol. The molecule has 0 heterocycles. The van der Waals surface area contributed by atoms with Crippen LogP contribution < -0.4 is 5.32 Å². The number of amides is 1. The molecule has 1 rings (SSSR count). The summed E-state index contributed by atoms with van der Waals surface area (Å²) in [5, 5.41) is 2.85. The molecule has 1 unspecified atom stereocenters. The summed E-state index contributed by atoms with van der Waals surface area (Å²) in [6.07, 6.45) is 1.44. The van der Waals surface area contributed by atoms with Gasteiger partial charge in [-0.3, -0.25) is 4.79 Å². The SMILES string of the molecule is CCC(C)(CCCl)NC(=O)c1ccc(F)c(Cl)c1. The highest BCUT2D eigenvalue weighted by Gasteiger charge is 2.24. The zero-order chi connectivity index (χ0) is 13.8. The van der Waals surface area contributed by atoms with Gasteiger partial charge in [0.1, 0.15) is 5.82 Å². The van der Waals surface area contributed by atoms with E-state index in [1.165, 1.54) is 18.2 Å². The number of hydrogen-bond acceptors (Lipinski definition) is 1. The molecule has 100 valence electrons. The second-order valence-corrected chi connectivity index (χ2v) is 5.22. The minimum atomic E-state index is -0.535. The highest BCUT2D eigenvalue weighted by Crippen LogP contribution is 2.19. The Hall–Kier alpha value is -0.800. The van der Waals surface area contributed by atoms with Crippen molar-refractivity contribution in [2.45, 2.75) is 32.2 Å². The zero-order valence-electron chi connectivity index (χ0n) is 10.4. The number of carbonyl (C=O) groups excluding carboxylic acids is 1. The minimum Gasteiger partial charge on any atom is -0.347 e. The number of halogens is 3. The Balaban J connectivity index is 2.84. The average Bonchev–Trinajstić information content (AvgIpc) is 2.32. The Morgan fingerprint density at radius 3 is 2.67 bits per heavy atom. The zero-order valence-corrected chi connectivity index (χ0v) is 11.9. The molecule has 0 aliphatic rings. The van der Waals surface area contributed by atoms with E-state index in [0.29, 0.717) is 17.9 Å². The summed E-state index contributed by atoms with van der Waals surface area (Å²) < 4.78 is 13.0. The van der Waals surface area contributed by atoms with Crippen LogP contribution in [0.3, 0.4) is 0 Å². The lowest BCUT2D eigenvalue weighted by molar-refractivity contribution is 0.0901. The van der Waals surface area contributed by atoms with E-state index >= 15 is 0 Å². The van der Waals surface area contributed by atoms with Crippen LogP contribution in [0.5, 0.6) is 0 Å². The molecule has 1 aromatic rings. The Labute approximate surface area is 116 Å². The lowest BCUT2D eigenvalue weighted by Gasteiger charge is -2.29. The molecule has 0 fully saturated rings. The van der Waals surface area contributed by atoms with Crippen LogP contribution in [0.1, 0.15) is 37.0 Å². The Kier molecular flexibility index (Phi) is 5.42. The smallest absolute Gasteiger partial charge is 0.251 e. The average molecular weight is 292 g/mol. The van der Waals surface area contributed by atoms with Crippen molar-refractivity contribution < 1.29 is 9.18 Å². The Bertz CT molecular complexity index is 439. The molecule has 0 aliphatic carbocycles.